The maximum absolute atomic E-state index is 11.1. The summed E-state index contributed by atoms with van der Waals surface area (Å²) in [5.41, 5.74) is 0.957. The maximum Gasteiger partial charge on any atom is 0.241 e. The minimum Gasteiger partial charge on any atom is -0.501 e. The lowest BCUT2D eigenvalue weighted by Gasteiger charge is -2.09. The van der Waals surface area contributed by atoms with Crippen LogP contribution in [0.1, 0.15) is 19.5 Å². The van der Waals surface area contributed by atoms with Crippen LogP contribution in [0.4, 0.5) is 5.69 Å². The van der Waals surface area contributed by atoms with Gasteiger partial charge in [0, 0.05) is 13.0 Å². The molecule has 0 unspecified atom stereocenters. The second-order valence-electron chi connectivity index (χ2n) is 3.08. The number of hydrogen-bond donors (Lipinski definition) is 1. The maximum atomic E-state index is 11.1. The van der Waals surface area contributed by atoms with Crippen molar-refractivity contribution >= 4 is 17.7 Å². The number of hydrogen-bond acceptors (Lipinski definition) is 5. The second-order valence-corrected chi connectivity index (χ2v) is 3.08. The van der Waals surface area contributed by atoms with Gasteiger partial charge < -0.3 is 14.8 Å². The molecule has 1 aromatic heterocycles. The van der Waals surface area contributed by atoms with Crippen molar-refractivity contribution in [2.75, 3.05) is 19.0 Å². The van der Waals surface area contributed by atoms with Gasteiger partial charge in [-0.2, -0.15) is 4.98 Å². The zero-order chi connectivity index (χ0) is 12.7. The Morgan fingerprint density at radius 2 is 2.29 bits per heavy atom. The fourth-order valence-electron chi connectivity index (χ4n) is 1.17. The number of rotatable bonds is 5. The van der Waals surface area contributed by atoms with Gasteiger partial charge in [0.1, 0.15) is 12.0 Å². The molecule has 92 valence electrons. The third-order valence-corrected chi connectivity index (χ3v) is 1.82. The topological polar surface area (TPSA) is 73.3 Å². The molecule has 0 aliphatic carbocycles. The lowest BCUT2D eigenvalue weighted by atomic mass is 10.3. The van der Waals surface area contributed by atoms with Gasteiger partial charge in [-0.1, -0.05) is 0 Å². The molecule has 17 heavy (non-hydrogen) atoms. The van der Waals surface area contributed by atoms with E-state index in [1.165, 1.54) is 26.6 Å². The Bertz CT molecular complexity index is 418. The van der Waals surface area contributed by atoms with Crippen molar-refractivity contribution in [3.63, 3.8) is 0 Å². The highest BCUT2D eigenvalue weighted by Crippen LogP contribution is 2.24. The van der Waals surface area contributed by atoms with E-state index < -0.39 is 0 Å². The number of methoxy groups -OCH3 is 1. The molecular formula is C11H15N3O3. The van der Waals surface area contributed by atoms with E-state index >= 15 is 0 Å². The summed E-state index contributed by atoms with van der Waals surface area (Å²) in [6, 6.07) is 0. The van der Waals surface area contributed by atoms with Crippen LogP contribution < -0.4 is 10.1 Å². The molecule has 6 heteroatoms. The Morgan fingerprint density at radius 1 is 1.53 bits per heavy atom. The van der Waals surface area contributed by atoms with Crippen molar-refractivity contribution in [2.24, 2.45) is 0 Å². The van der Waals surface area contributed by atoms with Crippen LogP contribution in [0.15, 0.2) is 12.6 Å². The third kappa shape index (κ3) is 3.75. The molecule has 1 N–H and O–H groups in total. The molecule has 0 radical (unpaired) electrons. The lowest BCUT2D eigenvalue weighted by Crippen LogP contribution is -2.10. The van der Waals surface area contributed by atoms with Crippen molar-refractivity contribution in [2.45, 2.75) is 13.8 Å². The van der Waals surface area contributed by atoms with Gasteiger partial charge in [0.15, 0.2) is 0 Å². The monoisotopic (exact) mass is 237 g/mol. The van der Waals surface area contributed by atoms with E-state index in [0.29, 0.717) is 23.9 Å². The van der Waals surface area contributed by atoms with E-state index in [4.69, 9.17) is 9.47 Å². The summed E-state index contributed by atoms with van der Waals surface area (Å²) in [6.45, 7) is 3.84. The number of anilines is 1. The molecule has 0 aromatic carbocycles. The quantitative estimate of drug-likeness (QED) is 0.784. The Labute approximate surface area is 99.7 Å². The molecule has 1 rings (SSSR count). The summed E-state index contributed by atoms with van der Waals surface area (Å²) in [5, 5.41) is 2.62. The van der Waals surface area contributed by atoms with Crippen LogP contribution in [-0.2, 0) is 9.53 Å². The van der Waals surface area contributed by atoms with Gasteiger partial charge in [-0.05, 0) is 6.92 Å². The average molecular weight is 237 g/mol. The number of amides is 1. The first kappa shape index (κ1) is 13.0. The number of ether oxygens (including phenoxy) is 2. The first-order valence-corrected chi connectivity index (χ1v) is 5.13. The first-order chi connectivity index (χ1) is 8.19. The van der Waals surface area contributed by atoms with Crippen molar-refractivity contribution < 1.29 is 14.3 Å². The Balaban J connectivity index is 3.05. The Hall–Kier alpha value is -2.11. The predicted octanol–water partition coefficient (Wildman–Crippen LogP) is 1.45. The number of nitrogens with zero attached hydrogens (tertiary/aromatic N) is 2. The standard InChI is InChI=1S/C11H15N3O3/c1-4-17-6-5-9-10(14-8(2)15)11(16-3)13-7-12-9/h5-7H,4H2,1-3H3,(H,14,15)/b6-5-. The van der Waals surface area contributed by atoms with E-state index in [1.54, 1.807) is 6.08 Å². The highest BCUT2D eigenvalue weighted by atomic mass is 16.5. The fraction of sp³-hybridized carbons (Fsp3) is 0.364. The largest absolute Gasteiger partial charge is 0.501 e. The van der Waals surface area contributed by atoms with E-state index in [9.17, 15) is 4.79 Å². The molecule has 0 saturated heterocycles. The van der Waals surface area contributed by atoms with Crippen molar-refractivity contribution in [1.29, 1.82) is 0 Å². The highest BCUT2D eigenvalue weighted by Gasteiger charge is 2.11. The van der Waals surface area contributed by atoms with Crippen LogP contribution >= 0.6 is 0 Å². The Morgan fingerprint density at radius 3 is 2.88 bits per heavy atom. The fourth-order valence-corrected chi connectivity index (χ4v) is 1.17. The molecule has 0 fully saturated rings. The summed E-state index contributed by atoms with van der Waals surface area (Å²) in [5.74, 6) is 0.0931. The minimum atomic E-state index is -0.218. The van der Waals surface area contributed by atoms with Crippen molar-refractivity contribution in [1.82, 2.24) is 9.97 Å². The van der Waals surface area contributed by atoms with Crippen molar-refractivity contribution in [3.05, 3.63) is 18.3 Å². The van der Waals surface area contributed by atoms with Crippen LogP contribution in [0.5, 0.6) is 5.88 Å². The molecule has 1 heterocycles. The summed E-state index contributed by atoms with van der Waals surface area (Å²) in [7, 11) is 1.48. The van der Waals surface area contributed by atoms with Gasteiger partial charge >= 0.3 is 0 Å². The molecule has 0 aliphatic heterocycles. The molecule has 0 bridgehead atoms. The lowest BCUT2D eigenvalue weighted by molar-refractivity contribution is -0.114. The van der Waals surface area contributed by atoms with E-state index in [2.05, 4.69) is 15.3 Å². The number of nitrogens with one attached hydrogen (secondary N) is 1. The predicted molar refractivity (Wildman–Crippen MR) is 63.5 cm³/mol. The zero-order valence-electron chi connectivity index (χ0n) is 10.1. The molecule has 0 atom stereocenters. The van der Waals surface area contributed by atoms with Crippen LogP contribution in [-0.4, -0.2) is 29.6 Å². The van der Waals surface area contributed by atoms with Crippen LogP contribution in [0.2, 0.25) is 0 Å². The molecule has 0 saturated carbocycles. The second kappa shape index (κ2) is 6.47. The molecule has 0 aliphatic rings. The number of carbonyl (C=O) groups excluding carboxylic acids is 1. The number of aromatic nitrogens is 2. The van der Waals surface area contributed by atoms with Crippen molar-refractivity contribution in [3.8, 4) is 5.88 Å². The van der Waals surface area contributed by atoms with Gasteiger partial charge in [0.25, 0.3) is 0 Å². The van der Waals surface area contributed by atoms with Gasteiger partial charge in [-0.25, -0.2) is 4.98 Å². The van der Waals surface area contributed by atoms with Gasteiger partial charge in [-0.3, -0.25) is 4.79 Å². The van der Waals surface area contributed by atoms with Gasteiger partial charge in [0.2, 0.25) is 11.8 Å². The third-order valence-electron chi connectivity index (χ3n) is 1.82. The van der Waals surface area contributed by atoms with E-state index in [1.807, 2.05) is 6.92 Å². The Kier molecular flexibility index (Phi) is 4.93. The molecule has 6 nitrogen and oxygen atoms in total. The normalized spacial score (nSPS) is 10.3. The summed E-state index contributed by atoms with van der Waals surface area (Å²) >= 11 is 0. The SMILES string of the molecule is CCO/C=C\c1ncnc(OC)c1NC(C)=O. The summed E-state index contributed by atoms with van der Waals surface area (Å²) in [6.07, 6.45) is 4.50. The molecule has 1 amide bonds. The van der Waals surface area contributed by atoms with E-state index in [-0.39, 0.29) is 5.91 Å². The van der Waals surface area contributed by atoms with Gasteiger partial charge in [-0.15, -0.1) is 0 Å². The number of carbonyl (C=O) groups is 1. The zero-order valence-corrected chi connectivity index (χ0v) is 10.1. The van der Waals surface area contributed by atoms with Crippen LogP contribution in [0.3, 0.4) is 0 Å². The summed E-state index contributed by atoms with van der Waals surface area (Å²) in [4.78, 5) is 19.0. The average Bonchev–Trinajstić information content (AvgIpc) is 2.30. The van der Waals surface area contributed by atoms with Crippen LogP contribution in [0.25, 0.3) is 6.08 Å². The smallest absolute Gasteiger partial charge is 0.241 e. The minimum absolute atomic E-state index is 0.218. The molecule has 0 spiro atoms. The first-order valence-electron chi connectivity index (χ1n) is 5.13. The van der Waals surface area contributed by atoms with Crippen LogP contribution in [0, 0.1) is 0 Å². The summed E-state index contributed by atoms with van der Waals surface area (Å²) < 4.78 is 10.1. The van der Waals surface area contributed by atoms with E-state index in [0.717, 1.165) is 0 Å². The molecule has 1 aromatic rings. The molecular weight excluding hydrogens is 222 g/mol. The van der Waals surface area contributed by atoms with Gasteiger partial charge in [0.05, 0.1) is 25.7 Å². The highest BCUT2D eigenvalue weighted by molar-refractivity contribution is 5.92.